The zero-order valence-corrected chi connectivity index (χ0v) is 6.45. The van der Waals surface area contributed by atoms with Crippen LogP contribution in [0.3, 0.4) is 0 Å². The summed E-state index contributed by atoms with van der Waals surface area (Å²) >= 11 is 0. The van der Waals surface area contributed by atoms with Crippen molar-refractivity contribution >= 4 is 11.9 Å². The van der Waals surface area contributed by atoms with Gasteiger partial charge < -0.3 is 14.6 Å². The van der Waals surface area contributed by atoms with Crippen LogP contribution in [0.15, 0.2) is 35.4 Å². The molecule has 6 nitrogen and oxygen atoms in total. The van der Waals surface area contributed by atoms with Crippen LogP contribution in [0.1, 0.15) is 0 Å². The van der Waals surface area contributed by atoms with Gasteiger partial charge in [0.2, 0.25) is 0 Å². The van der Waals surface area contributed by atoms with Crippen molar-refractivity contribution in [3.05, 3.63) is 31.0 Å². The average Bonchev–Trinajstić information content (AvgIpc) is 2.57. The lowest BCUT2D eigenvalue weighted by atomic mass is 10.5. The fourth-order valence-corrected chi connectivity index (χ4v) is 0.318. The molecule has 0 fully saturated rings. The Morgan fingerprint density at radius 3 is 1.92 bits per heavy atom. The number of nitrogens with zero attached hydrogens (tertiary/aromatic N) is 1. The molecule has 0 aliphatic heterocycles. The molecule has 0 unspecified atom stereocenters. The summed E-state index contributed by atoms with van der Waals surface area (Å²) in [7, 11) is 0. The molecule has 0 radical (unpaired) electrons. The smallest absolute Gasteiger partial charge is 0.328 e. The van der Waals surface area contributed by atoms with Crippen LogP contribution >= 0.6 is 0 Å². The molecule has 0 spiro atoms. The highest BCUT2D eigenvalue weighted by atomic mass is 16.4. The lowest BCUT2D eigenvalue weighted by Gasteiger charge is -1.74. The van der Waals surface area contributed by atoms with Crippen LogP contribution in [0.5, 0.6) is 0 Å². The summed E-state index contributed by atoms with van der Waals surface area (Å²) in [5, 5.41) is 15.6. The average molecular weight is 185 g/mol. The SMILES string of the molecule is O=C(O)/C=C/C(=O)O.c1cocn1. The van der Waals surface area contributed by atoms with E-state index in [0.29, 0.717) is 12.2 Å². The van der Waals surface area contributed by atoms with Crippen molar-refractivity contribution in [2.24, 2.45) is 0 Å². The van der Waals surface area contributed by atoms with Crippen molar-refractivity contribution in [2.75, 3.05) is 0 Å². The summed E-state index contributed by atoms with van der Waals surface area (Å²) in [6.07, 6.45) is 5.59. The van der Waals surface area contributed by atoms with Gasteiger partial charge in [-0.2, -0.15) is 0 Å². The molecule has 0 amide bonds. The number of aromatic nitrogens is 1. The Balaban J connectivity index is 0.000000243. The quantitative estimate of drug-likeness (QED) is 0.646. The third-order valence-electron chi connectivity index (χ3n) is 0.716. The number of oxazole rings is 1. The van der Waals surface area contributed by atoms with Gasteiger partial charge in [0.1, 0.15) is 6.26 Å². The summed E-state index contributed by atoms with van der Waals surface area (Å²) < 4.78 is 4.47. The molecule has 0 saturated heterocycles. The van der Waals surface area contributed by atoms with Crippen molar-refractivity contribution in [3.8, 4) is 0 Å². The topological polar surface area (TPSA) is 101 Å². The van der Waals surface area contributed by atoms with Crippen LogP contribution < -0.4 is 0 Å². The second kappa shape index (κ2) is 6.59. The molecule has 0 aliphatic carbocycles. The van der Waals surface area contributed by atoms with Crippen LogP contribution in [0.25, 0.3) is 0 Å². The first-order chi connectivity index (χ1) is 6.13. The highest BCUT2D eigenvalue weighted by molar-refractivity contribution is 5.89. The van der Waals surface area contributed by atoms with Crippen LogP contribution in [-0.4, -0.2) is 27.1 Å². The Kier molecular flexibility index (Phi) is 5.52. The van der Waals surface area contributed by atoms with Crippen molar-refractivity contribution in [1.29, 1.82) is 0 Å². The number of aliphatic carboxylic acids is 2. The third kappa shape index (κ3) is 9.89. The van der Waals surface area contributed by atoms with Gasteiger partial charge in [0.25, 0.3) is 0 Å². The second-order valence-corrected chi connectivity index (χ2v) is 1.69. The Labute approximate surface area is 73.1 Å². The van der Waals surface area contributed by atoms with E-state index in [9.17, 15) is 9.59 Å². The zero-order valence-electron chi connectivity index (χ0n) is 6.45. The van der Waals surface area contributed by atoms with Crippen molar-refractivity contribution < 1.29 is 24.2 Å². The van der Waals surface area contributed by atoms with Crippen LogP contribution in [0.2, 0.25) is 0 Å². The summed E-state index contributed by atoms with van der Waals surface area (Å²) in [5.74, 6) is -2.51. The van der Waals surface area contributed by atoms with E-state index < -0.39 is 11.9 Å². The third-order valence-corrected chi connectivity index (χ3v) is 0.716. The molecule has 0 aliphatic rings. The predicted octanol–water partition coefficient (Wildman–Crippen LogP) is 0.386. The predicted molar refractivity (Wildman–Crippen MR) is 40.9 cm³/mol. The van der Waals surface area contributed by atoms with E-state index in [1.165, 1.54) is 12.7 Å². The summed E-state index contributed by atoms with van der Waals surface area (Å²) in [6, 6.07) is 0. The molecular formula is C7H7NO5. The van der Waals surface area contributed by atoms with E-state index in [-0.39, 0.29) is 0 Å². The minimum Gasteiger partial charge on any atom is -0.478 e. The zero-order chi connectivity index (χ0) is 10.1. The number of carboxylic acids is 2. The fraction of sp³-hybridized carbons (Fsp3) is 0. The van der Waals surface area contributed by atoms with Crippen LogP contribution in [0.4, 0.5) is 0 Å². The first-order valence-electron chi connectivity index (χ1n) is 3.09. The molecule has 0 aromatic carbocycles. The fourth-order valence-electron chi connectivity index (χ4n) is 0.318. The van der Waals surface area contributed by atoms with E-state index >= 15 is 0 Å². The molecule has 0 saturated carbocycles. The Morgan fingerprint density at radius 2 is 1.77 bits per heavy atom. The molecule has 70 valence electrons. The normalized spacial score (nSPS) is 8.92. The minimum absolute atomic E-state index is 0.558. The van der Waals surface area contributed by atoms with Crippen molar-refractivity contribution in [3.63, 3.8) is 0 Å². The first-order valence-corrected chi connectivity index (χ1v) is 3.09. The van der Waals surface area contributed by atoms with E-state index in [2.05, 4.69) is 9.40 Å². The summed E-state index contributed by atoms with van der Waals surface area (Å²) in [5.41, 5.74) is 0. The molecule has 1 heterocycles. The second-order valence-electron chi connectivity index (χ2n) is 1.69. The molecule has 0 bridgehead atoms. The molecule has 0 atom stereocenters. The highest BCUT2D eigenvalue weighted by Gasteiger charge is 1.88. The van der Waals surface area contributed by atoms with Gasteiger partial charge in [-0.1, -0.05) is 0 Å². The summed E-state index contributed by atoms with van der Waals surface area (Å²) in [6.45, 7) is 0. The van der Waals surface area contributed by atoms with Gasteiger partial charge in [0.05, 0.1) is 6.20 Å². The molecule has 1 aromatic heterocycles. The molecule has 2 N–H and O–H groups in total. The molecular weight excluding hydrogens is 178 g/mol. The molecule has 1 aromatic rings. The number of hydrogen-bond acceptors (Lipinski definition) is 4. The maximum atomic E-state index is 9.55. The lowest BCUT2D eigenvalue weighted by molar-refractivity contribution is -0.134. The summed E-state index contributed by atoms with van der Waals surface area (Å²) in [4.78, 5) is 22.7. The van der Waals surface area contributed by atoms with Crippen LogP contribution in [0, 0.1) is 0 Å². The molecule has 13 heavy (non-hydrogen) atoms. The Morgan fingerprint density at radius 1 is 1.23 bits per heavy atom. The van der Waals surface area contributed by atoms with E-state index in [1.54, 1.807) is 6.20 Å². The van der Waals surface area contributed by atoms with Crippen molar-refractivity contribution in [1.82, 2.24) is 4.98 Å². The number of rotatable bonds is 2. The molecule has 6 heteroatoms. The maximum absolute atomic E-state index is 9.55. The number of carbonyl (C=O) groups is 2. The monoisotopic (exact) mass is 185 g/mol. The molecule has 1 rings (SSSR count). The Hall–Kier alpha value is -2.11. The van der Waals surface area contributed by atoms with Gasteiger partial charge in [-0.3, -0.25) is 0 Å². The number of carboxylic acid groups (broad SMARTS) is 2. The Bertz CT molecular complexity index is 244. The van der Waals surface area contributed by atoms with Gasteiger partial charge in [-0.05, 0) is 0 Å². The standard InChI is InChI=1S/C4H4O4.C3H3NO/c5-3(6)1-2-4(7)8;1-2-5-3-4-1/h1-2H,(H,5,6)(H,7,8);1-3H/b2-1+;. The van der Waals surface area contributed by atoms with E-state index in [4.69, 9.17) is 10.2 Å². The van der Waals surface area contributed by atoms with Gasteiger partial charge in [0.15, 0.2) is 6.39 Å². The van der Waals surface area contributed by atoms with Crippen LogP contribution in [-0.2, 0) is 9.59 Å². The van der Waals surface area contributed by atoms with E-state index in [1.807, 2.05) is 0 Å². The van der Waals surface area contributed by atoms with Crippen molar-refractivity contribution in [2.45, 2.75) is 0 Å². The van der Waals surface area contributed by atoms with Gasteiger partial charge in [0, 0.05) is 12.2 Å². The lowest BCUT2D eigenvalue weighted by Crippen LogP contribution is -1.91. The first kappa shape index (κ1) is 10.9. The van der Waals surface area contributed by atoms with E-state index in [0.717, 1.165) is 0 Å². The highest BCUT2D eigenvalue weighted by Crippen LogP contribution is 1.72. The largest absolute Gasteiger partial charge is 0.478 e. The van der Waals surface area contributed by atoms with Gasteiger partial charge in [-0.25, -0.2) is 14.6 Å². The van der Waals surface area contributed by atoms with Gasteiger partial charge >= 0.3 is 11.9 Å². The maximum Gasteiger partial charge on any atom is 0.328 e. The van der Waals surface area contributed by atoms with Gasteiger partial charge in [-0.15, -0.1) is 0 Å². The minimum atomic E-state index is -1.26. The number of hydrogen-bond donors (Lipinski definition) is 2.